The molecular weight excluding hydrogens is 326 g/mol. The van der Waals surface area contributed by atoms with Crippen molar-refractivity contribution in [1.29, 1.82) is 0 Å². The summed E-state index contributed by atoms with van der Waals surface area (Å²) >= 11 is 6.03. The van der Waals surface area contributed by atoms with Crippen molar-refractivity contribution in [3.05, 3.63) is 53.1 Å². The minimum absolute atomic E-state index is 0.138. The summed E-state index contributed by atoms with van der Waals surface area (Å²) in [6.07, 6.45) is 0. The van der Waals surface area contributed by atoms with Gasteiger partial charge in [-0.05, 0) is 11.6 Å². The van der Waals surface area contributed by atoms with Crippen molar-refractivity contribution in [3.8, 4) is 11.5 Å². The summed E-state index contributed by atoms with van der Waals surface area (Å²) in [4.78, 5) is 0. The van der Waals surface area contributed by atoms with Gasteiger partial charge in [0.15, 0.2) is 0 Å². The molecule has 0 saturated carbocycles. The van der Waals surface area contributed by atoms with Crippen LogP contribution in [0.15, 0.2) is 42.5 Å². The first-order chi connectivity index (χ1) is 10.4. The largest absolute Gasteiger partial charge is 0.495 e. The zero-order chi connectivity index (χ0) is 16.2. The Morgan fingerprint density at radius 1 is 1.05 bits per heavy atom. The van der Waals surface area contributed by atoms with Crippen molar-refractivity contribution in [3.63, 3.8) is 0 Å². The van der Waals surface area contributed by atoms with Crippen LogP contribution in [0.5, 0.6) is 11.5 Å². The highest BCUT2D eigenvalue weighted by atomic mass is 35.5. The van der Waals surface area contributed by atoms with E-state index >= 15 is 0 Å². The van der Waals surface area contributed by atoms with Gasteiger partial charge in [0.2, 0.25) is 10.0 Å². The van der Waals surface area contributed by atoms with Crippen molar-refractivity contribution in [2.45, 2.75) is 5.75 Å². The second-order valence-corrected chi connectivity index (χ2v) is 6.66. The molecule has 5 nitrogen and oxygen atoms in total. The zero-order valence-electron chi connectivity index (χ0n) is 12.2. The van der Waals surface area contributed by atoms with Crippen molar-refractivity contribution in [2.75, 3.05) is 18.9 Å². The molecule has 0 heterocycles. The lowest BCUT2D eigenvalue weighted by Crippen LogP contribution is -2.15. The van der Waals surface area contributed by atoms with Crippen LogP contribution in [0.25, 0.3) is 0 Å². The van der Waals surface area contributed by atoms with Crippen molar-refractivity contribution in [2.24, 2.45) is 0 Å². The van der Waals surface area contributed by atoms with Crippen LogP contribution in [-0.4, -0.2) is 22.6 Å². The lowest BCUT2D eigenvalue weighted by atomic mass is 10.2. The number of anilines is 1. The standard InChI is InChI=1S/C15H16ClNO4S/c1-20-14-9-15(21-2)13(8-12(14)16)17-22(18,19)10-11-6-4-3-5-7-11/h3-9,17H,10H2,1-2H3. The molecule has 0 fully saturated rings. The average molecular weight is 342 g/mol. The summed E-state index contributed by atoms with van der Waals surface area (Å²) < 4.78 is 37.3. The highest BCUT2D eigenvalue weighted by molar-refractivity contribution is 7.91. The first-order valence-corrected chi connectivity index (χ1v) is 8.44. The topological polar surface area (TPSA) is 64.6 Å². The Labute approximate surface area is 134 Å². The van der Waals surface area contributed by atoms with Gasteiger partial charge in [0, 0.05) is 6.07 Å². The molecule has 0 unspecified atom stereocenters. The van der Waals surface area contributed by atoms with E-state index < -0.39 is 10.0 Å². The van der Waals surface area contributed by atoms with Crippen LogP contribution in [0.1, 0.15) is 5.56 Å². The minimum atomic E-state index is -3.59. The Balaban J connectivity index is 2.27. The number of hydrogen-bond donors (Lipinski definition) is 1. The third kappa shape index (κ3) is 4.05. The van der Waals surface area contributed by atoms with E-state index in [4.69, 9.17) is 21.1 Å². The maximum Gasteiger partial charge on any atom is 0.237 e. The summed E-state index contributed by atoms with van der Waals surface area (Å²) in [5, 5.41) is 0.292. The number of halogens is 1. The molecule has 1 N–H and O–H groups in total. The molecule has 2 aromatic carbocycles. The summed E-state index contributed by atoms with van der Waals surface area (Å²) in [7, 11) is -0.672. The Morgan fingerprint density at radius 2 is 1.68 bits per heavy atom. The molecule has 0 aliphatic heterocycles. The molecule has 0 spiro atoms. The van der Waals surface area contributed by atoms with Crippen LogP contribution in [-0.2, 0) is 15.8 Å². The molecule has 2 aromatic rings. The first kappa shape index (κ1) is 16.5. The highest BCUT2D eigenvalue weighted by Gasteiger charge is 2.17. The normalized spacial score (nSPS) is 11.0. The summed E-state index contributed by atoms with van der Waals surface area (Å²) in [6, 6.07) is 11.9. The molecule has 2 rings (SSSR count). The van der Waals surface area contributed by atoms with E-state index in [0.29, 0.717) is 22.1 Å². The quantitative estimate of drug-likeness (QED) is 0.875. The number of ether oxygens (including phenoxy) is 2. The Kier molecular flexibility index (Phi) is 5.15. The Hall–Kier alpha value is -1.92. The predicted molar refractivity (Wildman–Crippen MR) is 87.2 cm³/mol. The second kappa shape index (κ2) is 6.89. The monoisotopic (exact) mass is 341 g/mol. The molecular formula is C15H16ClNO4S. The van der Waals surface area contributed by atoms with E-state index in [1.165, 1.54) is 26.4 Å². The molecule has 0 saturated heterocycles. The van der Waals surface area contributed by atoms with Crippen LogP contribution in [0.3, 0.4) is 0 Å². The van der Waals surface area contributed by atoms with Gasteiger partial charge >= 0.3 is 0 Å². The molecule has 0 bridgehead atoms. The van der Waals surface area contributed by atoms with E-state index in [9.17, 15) is 8.42 Å². The first-order valence-electron chi connectivity index (χ1n) is 6.41. The molecule has 0 atom stereocenters. The van der Waals surface area contributed by atoms with Gasteiger partial charge in [-0.25, -0.2) is 8.42 Å². The molecule has 0 radical (unpaired) electrons. The van der Waals surface area contributed by atoms with E-state index in [1.807, 2.05) is 6.07 Å². The SMILES string of the molecule is COc1cc(OC)c(NS(=O)(=O)Cc2ccccc2)cc1Cl. The third-order valence-electron chi connectivity index (χ3n) is 2.94. The van der Waals surface area contributed by atoms with Crippen molar-refractivity contribution in [1.82, 2.24) is 0 Å². The number of benzene rings is 2. The number of nitrogens with one attached hydrogen (secondary N) is 1. The maximum atomic E-state index is 12.3. The third-order valence-corrected chi connectivity index (χ3v) is 4.48. The highest BCUT2D eigenvalue weighted by Crippen LogP contribution is 2.36. The molecule has 0 aromatic heterocycles. The van der Waals surface area contributed by atoms with E-state index in [-0.39, 0.29) is 11.4 Å². The minimum Gasteiger partial charge on any atom is -0.495 e. The molecule has 0 aliphatic carbocycles. The maximum absolute atomic E-state index is 12.3. The Morgan fingerprint density at radius 3 is 2.27 bits per heavy atom. The summed E-state index contributed by atoms with van der Waals surface area (Å²) in [6.45, 7) is 0. The van der Waals surface area contributed by atoms with E-state index in [2.05, 4.69) is 4.72 Å². The van der Waals surface area contributed by atoms with Gasteiger partial charge in [-0.15, -0.1) is 0 Å². The zero-order valence-corrected chi connectivity index (χ0v) is 13.7. The average Bonchev–Trinajstić information content (AvgIpc) is 2.47. The molecule has 118 valence electrons. The number of methoxy groups -OCH3 is 2. The smallest absolute Gasteiger partial charge is 0.237 e. The molecule has 0 aliphatic rings. The van der Waals surface area contributed by atoms with Crippen LogP contribution in [0.2, 0.25) is 5.02 Å². The summed E-state index contributed by atoms with van der Waals surface area (Å²) in [5.74, 6) is 0.600. The van der Waals surface area contributed by atoms with Gasteiger partial charge in [0.05, 0.1) is 30.7 Å². The van der Waals surface area contributed by atoms with Crippen LogP contribution < -0.4 is 14.2 Å². The van der Waals surface area contributed by atoms with Gasteiger partial charge in [0.25, 0.3) is 0 Å². The predicted octanol–water partition coefficient (Wildman–Crippen LogP) is 3.30. The number of rotatable bonds is 6. The molecule has 22 heavy (non-hydrogen) atoms. The van der Waals surface area contributed by atoms with Crippen LogP contribution >= 0.6 is 11.6 Å². The van der Waals surface area contributed by atoms with Gasteiger partial charge in [-0.1, -0.05) is 41.9 Å². The van der Waals surface area contributed by atoms with Crippen LogP contribution in [0.4, 0.5) is 5.69 Å². The number of sulfonamides is 1. The fraction of sp³-hybridized carbons (Fsp3) is 0.200. The van der Waals surface area contributed by atoms with Gasteiger partial charge in [0.1, 0.15) is 11.5 Å². The molecule has 7 heteroatoms. The van der Waals surface area contributed by atoms with Crippen molar-refractivity contribution >= 4 is 27.3 Å². The fourth-order valence-corrected chi connectivity index (χ4v) is 3.38. The van der Waals surface area contributed by atoms with Gasteiger partial charge < -0.3 is 9.47 Å². The lowest BCUT2D eigenvalue weighted by Gasteiger charge is -2.14. The fourth-order valence-electron chi connectivity index (χ4n) is 1.94. The lowest BCUT2D eigenvalue weighted by molar-refractivity contribution is 0.396. The van der Waals surface area contributed by atoms with Crippen LogP contribution in [0, 0.1) is 0 Å². The molecule has 0 amide bonds. The Bertz CT molecular complexity index is 748. The number of hydrogen-bond acceptors (Lipinski definition) is 4. The van der Waals surface area contributed by atoms with E-state index in [0.717, 1.165) is 0 Å². The van der Waals surface area contributed by atoms with Gasteiger partial charge in [-0.2, -0.15) is 0 Å². The summed E-state index contributed by atoms with van der Waals surface area (Å²) in [5.41, 5.74) is 0.956. The second-order valence-electron chi connectivity index (χ2n) is 4.53. The van der Waals surface area contributed by atoms with Crippen molar-refractivity contribution < 1.29 is 17.9 Å². The van der Waals surface area contributed by atoms with Gasteiger partial charge in [-0.3, -0.25) is 4.72 Å². The van der Waals surface area contributed by atoms with E-state index in [1.54, 1.807) is 24.3 Å².